The Kier molecular flexibility index (Phi) is 4.00. The van der Waals surface area contributed by atoms with E-state index in [1.54, 1.807) is 12.4 Å². The van der Waals surface area contributed by atoms with Crippen molar-refractivity contribution in [1.82, 2.24) is 4.98 Å². The monoisotopic (exact) mass is 260 g/mol. The summed E-state index contributed by atoms with van der Waals surface area (Å²) in [6, 6.07) is 8.12. The van der Waals surface area contributed by atoms with Gasteiger partial charge >= 0.3 is 0 Å². The number of nitrogens with zero attached hydrogens (tertiary/aromatic N) is 1. The van der Waals surface area contributed by atoms with Crippen LogP contribution in [0.15, 0.2) is 36.7 Å². The summed E-state index contributed by atoms with van der Waals surface area (Å²) in [5.41, 5.74) is 11.0. The van der Waals surface area contributed by atoms with Crippen LogP contribution < -0.4 is 5.73 Å². The summed E-state index contributed by atoms with van der Waals surface area (Å²) < 4.78 is 0. The van der Waals surface area contributed by atoms with E-state index in [-0.39, 0.29) is 6.04 Å². The normalized spacial score (nSPS) is 12.4. The van der Waals surface area contributed by atoms with Crippen molar-refractivity contribution in [3.63, 3.8) is 0 Å². The molecule has 0 aliphatic carbocycles. The number of pyridine rings is 1. The number of hydrogen-bond acceptors (Lipinski definition) is 2. The van der Waals surface area contributed by atoms with Crippen LogP contribution in [0.5, 0.6) is 0 Å². The molecule has 0 bridgehead atoms. The van der Waals surface area contributed by atoms with Crippen LogP contribution in [0.2, 0.25) is 5.02 Å². The fourth-order valence-corrected chi connectivity index (χ4v) is 2.29. The highest BCUT2D eigenvalue weighted by atomic mass is 35.5. The molecule has 0 fully saturated rings. The molecule has 2 rings (SSSR count). The highest BCUT2D eigenvalue weighted by Crippen LogP contribution is 2.24. The largest absolute Gasteiger partial charge is 0.324 e. The van der Waals surface area contributed by atoms with E-state index in [4.69, 9.17) is 17.3 Å². The molecule has 1 aromatic heterocycles. The molecular formula is C15H17ClN2. The first-order valence-corrected chi connectivity index (χ1v) is 6.37. The lowest BCUT2D eigenvalue weighted by molar-refractivity contribution is 0.715. The molecule has 0 aliphatic heterocycles. The summed E-state index contributed by atoms with van der Waals surface area (Å²) >= 11 is 6.11. The van der Waals surface area contributed by atoms with Crippen molar-refractivity contribution in [2.24, 2.45) is 5.73 Å². The van der Waals surface area contributed by atoms with Crippen LogP contribution in [0.3, 0.4) is 0 Å². The summed E-state index contributed by atoms with van der Waals surface area (Å²) in [5, 5.41) is 0.679. The van der Waals surface area contributed by atoms with Gasteiger partial charge in [0.05, 0.1) is 5.02 Å². The summed E-state index contributed by atoms with van der Waals surface area (Å²) in [6.45, 7) is 4.21. The van der Waals surface area contributed by atoms with E-state index < -0.39 is 0 Å². The number of hydrogen-bond donors (Lipinski definition) is 1. The van der Waals surface area contributed by atoms with Gasteiger partial charge in [-0.2, -0.15) is 0 Å². The molecule has 0 radical (unpaired) electrons. The zero-order valence-electron chi connectivity index (χ0n) is 10.7. The number of aryl methyl sites for hydroxylation is 1. The maximum Gasteiger partial charge on any atom is 0.0622 e. The molecule has 1 atom stereocenters. The van der Waals surface area contributed by atoms with Crippen LogP contribution in [0.25, 0.3) is 0 Å². The fourth-order valence-electron chi connectivity index (χ4n) is 2.09. The van der Waals surface area contributed by atoms with Gasteiger partial charge in [-0.1, -0.05) is 29.8 Å². The fraction of sp³-hybridized carbons (Fsp3) is 0.267. The third-order valence-electron chi connectivity index (χ3n) is 3.34. The Morgan fingerprint density at radius 2 is 2.06 bits per heavy atom. The average molecular weight is 261 g/mol. The Morgan fingerprint density at radius 1 is 1.28 bits per heavy atom. The third kappa shape index (κ3) is 2.71. The van der Waals surface area contributed by atoms with E-state index in [2.05, 4.69) is 31.0 Å². The average Bonchev–Trinajstić information content (AvgIpc) is 2.35. The van der Waals surface area contributed by atoms with Crippen LogP contribution in [-0.2, 0) is 6.42 Å². The molecule has 2 nitrogen and oxygen atoms in total. The van der Waals surface area contributed by atoms with E-state index in [9.17, 15) is 0 Å². The maximum atomic E-state index is 6.29. The molecule has 1 aromatic carbocycles. The zero-order chi connectivity index (χ0) is 13.1. The Balaban J connectivity index is 2.25. The number of nitrogens with two attached hydrogens (primary N) is 1. The first-order valence-electron chi connectivity index (χ1n) is 5.99. The molecule has 1 heterocycles. The second-order valence-electron chi connectivity index (χ2n) is 4.57. The lowest BCUT2D eigenvalue weighted by Crippen LogP contribution is -2.15. The molecule has 18 heavy (non-hydrogen) atoms. The zero-order valence-corrected chi connectivity index (χ0v) is 11.4. The Hall–Kier alpha value is -1.38. The molecule has 3 heteroatoms. The SMILES string of the molecule is Cc1cccc(C(N)Cc2ccncc2Cl)c1C. The van der Waals surface area contributed by atoms with Crippen molar-refractivity contribution in [2.45, 2.75) is 26.3 Å². The third-order valence-corrected chi connectivity index (χ3v) is 3.68. The van der Waals surface area contributed by atoms with E-state index in [1.165, 1.54) is 16.7 Å². The molecule has 0 spiro atoms. The minimum atomic E-state index is -0.0372. The molecule has 0 saturated carbocycles. The van der Waals surface area contributed by atoms with Gasteiger partial charge in [0.15, 0.2) is 0 Å². The van der Waals surface area contributed by atoms with Crippen LogP contribution in [-0.4, -0.2) is 4.98 Å². The molecule has 2 aromatic rings. The summed E-state index contributed by atoms with van der Waals surface area (Å²) in [6.07, 6.45) is 4.13. The van der Waals surface area contributed by atoms with Crippen LogP contribution in [0.1, 0.15) is 28.3 Å². The standard InChI is InChI=1S/C15H17ClN2/c1-10-4-3-5-13(11(10)2)15(17)8-12-6-7-18-9-14(12)16/h3-7,9,15H,8,17H2,1-2H3. The molecule has 1 unspecified atom stereocenters. The Morgan fingerprint density at radius 3 is 2.78 bits per heavy atom. The van der Waals surface area contributed by atoms with Gasteiger partial charge in [0.1, 0.15) is 0 Å². The summed E-state index contributed by atoms with van der Waals surface area (Å²) in [4.78, 5) is 3.98. The van der Waals surface area contributed by atoms with Crippen LogP contribution in [0.4, 0.5) is 0 Å². The molecule has 0 amide bonds. The van der Waals surface area contributed by atoms with Crippen molar-refractivity contribution in [2.75, 3.05) is 0 Å². The van der Waals surface area contributed by atoms with Crippen LogP contribution in [0, 0.1) is 13.8 Å². The Bertz CT molecular complexity index is 552. The molecule has 0 aliphatic rings. The van der Waals surface area contributed by atoms with Crippen molar-refractivity contribution < 1.29 is 0 Å². The summed E-state index contributed by atoms with van der Waals surface area (Å²) in [7, 11) is 0. The quantitative estimate of drug-likeness (QED) is 0.916. The molecule has 94 valence electrons. The number of halogens is 1. The van der Waals surface area contributed by atoms with E-state index in [0.29, 0.717) is 5.02 Å². The molecule has 0 saturated heterocycles. The first kappa shape index (κ1) is 13.1. The second kappa shape index (κ2) is 5.51. The van der Waals surface area contributed by atoms with Gasteiger partial charge in [0.25, 0.3) is 0 Å². The highest BCUT2D eigenvalue weighted by Gasteiger charge is 2.12. The van der Waals surface area contributed by atoms with Gasteiger partial charge in [-0.15, -0.1) is 0 Å². The highest BCUT2D eigenvalue weighted by molar-refractivity contribution is 6.31. The predicted molar refractivity (Wildman–Crippen MR) is 75.8 cm³/mol. The number of rotatable bonds is 3. The van der Waals surface area contributed by atoms with Crippen molar-refractivity contribution in [3.05, 3.63) is 63.9 Å². The number of benzene rings is 1. The predicted octanol–water partition coefficient (Wildman–Crippen LogP) is 3.59. The topological polar surface area (TPSA) is 38.9 Å². The van der Waals surface area contributed by atoms with Gasteiger partial charge in [0, 0.05) is 18.4 Å². The second-order valence-corrected chi connectivity index (χ2v) is 4.97. The van der Waals surface area contributed by atoms with Crippen molar-refractivity contribution in [1.29, 1.82) is 0 Å². The van der Waals surface area contributed by atoms with Crippen LogP contribution >= 0.6 is 11.6 Å². The van der Waals surface area contributed by atoms with Crippen molar-refractivity contribution in [3.8, 4) is 0 Å². The maximum absolute atomic E-state index is 6.29. The minimum Gasteiger partial charge on any atom is -0.324 e. The molecule has 2 N–H and O–H groups in total. The van der Waals surface area contributed by atoms with Gasteiger partial charge in [-0.25, -0.2) is 0 Å². The van der Waals surface area contributed by atoms with Gasteiger partial charge in [0.2, 0.25) is 0 Å². The molecular weight excluding hydrogens is 244 g/mol. The summed E-state index contributed by atoms with van der Waals surface area (Å²) in [5.74, 6) is 0. The Labute approximate surface area is 113 Å². The number of aromatic nitrogens is 1. The lowest BCUT2D eigenvalue weighted by Gasteiger charge is -2.16. The van der Waals surface area contributed by atoms with Crippen molar-refractivity contribution >= 4 is 11.6 Å². The van der Waals surface area contributed by atoms with E-state index in [0.717, 1.165) is 12.0 Å². The first-order chi connectivity index (χ1) is 8.59. The van der Waals surface area contributed by atoms with Gasteiger partial charge in [-0.05, 0) is 48.6 Å². The van der Waals surface area contributed by atoms with Gasteiger partial charge < -0.3 is 5.73 Å². The van der Waals surface area contributed by atoms with Gasteiger partial charge in [-0.3, -0.25) is 4.98 Å². The van der Waals surface area contributed by atoms with E-state index >= 15 is 0 Å². The lowest BCUT2D eigenvalue weighted by atomic mass is 9.94. The van der Waals surface area contributed by atoms with E-state index in [1.807, 2.05) is 12.1 Å². The minimum absolute atomic E-state index is 0.0372. The smallest absolute Gasteiger partial charge is 0.0622 e.